The zero-order chi connectivity index (χ0) is 15.5. The van der Waals surface area contributed by atoms with Crippen molar-refractivity contribution in [3.63, 3.8) is 0 Å². The highest BCUT2D eigenvalue weighted by Crippen LogP contribution is 2.22. The monoisotopic (exact) mass is 313 g/mol. The van der Waals surface area contributed by atoms with Gasteiger partial charge in [-0.3, -0.25) is 0 Å². The zero-order valence-electron chi connectivity index (χ0n) is 12.3. The van der Waals surface area contributed by atoms with Gasteiger partial charge in [-0.05, 0) is 30.0 Å². The number of hydrogen-bond donors (Lipinski definition) is 0. The third kappa shape index (κ3) is 2.82. The molecule has 0 fully saturated rings. The highest BCUT2D eigenvalue weighted by Gasteiger charge is 2.11. The molecular formula is C16H15N3O2S. The fraction of sp³-hybridized carbons (Fsp3) is 0.188. The first-order chi connectivity index (χ1) is 10.7. The second kappa shape index (κ2) is 6.19. The van der Waals surface area contributed by atoms with E-state index >= 15 is 0 Å². The van der Waals surface area contributed by atoms with Crippen LogP contribution >= 0.6 is 11.8 Å². The average molecular weight is 313 g/mol. The van der Waals surface area contributed by atoms with Gasteiger partial charge in [0.2, 0.25) is 0 Å². The van der Waals surface area contributed by atoms with Gasteiger partial charge in [0.05, 0.1) is 12.7 Å². The van der Waals surface area contributed by atoms with Crippen LogP contribution in [0.1, 0.15) is 21.7 Å². The number of esters is 1. The van der Waals surface area contributed by atoms with Crippen molar-refractivity contribution in [3.05, 3.63) is 59.5 Å². The van der Waals surface area contributed by atoms with Crippen molar-refractivity contribution in [1.82, 2.24) is 14.6 Å². The molecule has 0 saturated heterocycles. The molecule has 0 aliphatic heterocycles. The fourth-order valence-electron chi connectivity index (χ4n) is 2.27. The molecule has 112 valence electrons. The molecule has 0 unspecified atom stereocenters. The lowest BCUT2D eigenvalue weighted by atomic mass is 10.1. The third-order valence-electron chi connectivity index (χ3n) is 3.34. The Hall–Kier alpha value is -2.34. The van der Waals surface area contributed by atoms with E-state index in [0.717, 1.165) is 5.82 Å². The molecule has 0 amide bonds. The molecule has 0 saturated carbocycles. The van der Waals surface area contributed by atoms with Gasteiger partial charge in [0.15, 0.2) is 11.5 Å². The largest absolute Gasteiger partial charge is 0.465 e. The summed E-state index contributed by atoms with van der Waals surface area (Å²) in [5, 5.41) is 4.45. The van der Waals surface area contributed by atoms with Gasteiger partial charge in [0, 0.05) is 17.5 Å². The van der Waals surface area contributed by atoms with Crippen molar-refractivity contribution in [3.8, 4) is 0 Å². The number of fused-ring (bicyclic) bond motifs is 1. The Balaban J connectivity index is 1.93. The van der Waals surface area contributed by atoms with Gasteiger partial charge >= 0.3 is 5.97 Å². The summed E-state index contributed by atoms with van der Waals surface area (Å²) >= 11 is 1.71. The Labute approximate surface area is 132 Å². The molecule has 0 aliphatic rings. The smallest absolute Gasteiger partial charge is 0.338 e. The number of ether oxygens (including phenoxy) is 1. The van der Waals surface area contributed by atoms with E-state index in [1.165, 1.54) is 17.6 Å². The van der Waals surface area contributed by atoms with Crippen LogP contribution in [0.3, 0.4) is 0 Å². The summed E-state index contributed by atoms with van der Waals surface area (Å²) < 4.78 is 6.39. The summed E-state index contributed by atoms with van der Waals surface area (Å²) in [6.07, 6.45) is 4.43. The topological polar surface area (TPSA) is 56.5 Å². The Kier molecular flexibility index (Phi) is 4.11. The van der Waals surface area contributed by atoms with Crippen molar-refractivity contribution in [2.75, 3.05) is 13.4 Å². The third-order valence-corrected chi connectivity index (χ3v) is 4.18. The Morgan fingerprint density at radius 2 is 2.14 bits per heavy atom. The number of benzene rings is 1. The minimum absolute atomic E-state index is 0.375. The van der Waals surface area contributed by atoms with Crippen LogP contribution in [0.25, 0.3) is 5.65 Å². The Morgan fingerprint density at radius 3 is 2.91 bits per heavy atom. The van der Waals surface area contributed by atoms with Crippen LogP contribution in [0.15, 0.2) is 47.5 Å². The number of rotatable bonds is 4. The van der Waals surface area contributed by atoms with Gasteiger partial charge in [-0.15, -0.1) is 11.8 Å². The maximum absolute atomic E-state index is 11.6. The van der Waals surface area contributed by atoms with Gasteiger partial charge in [-0.2, -0.15) is 5.10 Å². The molecule has 6 heteroatoms. The Morgan fingerprint density at radius 1 is 1.32 bits per heavy atom. The molecule has 2 aromatic heterocycles. The first-order valence-electron chi connectivity index (χ1n) is 6.77. The quantitative estimate of drug-likeness (QED) is 0.547. The molecular weight excluding hydrogens is 298 g/mol. The molecule has 2 heterocycles. The van der Waals surface area contributed by atoms with Crippen molar-refractivity contribution >= 4 is 23.4 Å². The van der Waals surface area contributed by atoms with Crippen LogP contribution in [-0.2, 0) is 11.2 Å². The van der Waals surface area contributed by atoms with Crippen LogP contribution in [0.5, 0.6) is 0 Å². The lowest BCUT2D eigenvalue weighted by Crippen LogP contribution is -2.02. The number of hydrogen-bond acceptors (Lipinski definition) is 5. The molecule has 0 radical (unpaired) electrons. The van der Waals surface area contributed by atoms with Crippen LogP contribution in [0.4, 0.5) is 0 Å². The van der Waals surface area contributed by atoms with Crippen molar-refractivity contribution < 1.29 is 9.53 Å². The first kappa shape index (κ1) is 14.6. The van der Waals surface area contributed by atoms with E-state index in [4.69, 9.17) is 4.74 Å². The van der Waals surface area contributed by atoms with E-state index in [2.05, 4.69) is 28.5 Å². The maximum atomic E-state index is 11.6. The minimum Gasteiger partial charge on any atom is -0.465 e. The first-order valence-corrected chi connectivity index (χ1v) is 7.99. The van der Waals surface area contributed by atoms with Gasteiger partial charge in [0.1, 0.15) is 0 Å². The summed E-state index contributed by atoms with van der Waals surface area (Å²) in [5.74, 6) is 0.350. The summed E-state index contributed by atoms with van der Waals surface area (Å²) in [5.41, 5.74) is 2.30. The molecule has 0 spiro atoms. The second-order valence-electron chi connectivity index (χ2n) is 4.73. The number of thioether (sulfide) groups is 1. The summed E-state index contributed by atoms with van der Waals surface area (Å²) in [6, 6.07) is 11.6. The van der Waals surface area contributed by atoms with Gasteiger partial charge in [-0.25, -0.2) is 14.3 Å². The van der Waals surface area contributed by atoms with Crippen LogP contribution in [0, 0.1) is 0 Å². The van der Waals surface area contributed by atoms with Gasteiger partial charge in [0.25, 0.3) is 0 Å². The van der Waals surface area contributed by atoms with Crippen LogP contribution < -0.4 is 0 Å². The van der Waals surface area contributed by atoms with E-state index in [-0.39, 0.29) is 5.97 Å². The van der Waals surface area contributed by atoms with Crippen LogP contribution in [-0.4, -0.2) is 33.9 Å². The average Bonchev–Trinajstić information content (AvgIpc) is 2.95. The van der Waals surface area contributed by atoms with E-state index in [1.807, 2.05) is 12.1 Å². The van der Waals surface area contributed by atoms with Crippen LogP contribution in [0.2, 0.25) is 0 Å². The summed E-state index contributed by atoms with van der Waals surface area (Å²) in [7, 11) is 1.36. The summed E-state index contributed by atoms with van der Waals surface area (Å²) in [6.45, 7) is 0. The van der Waals surface area contributed by atoms with Crippen molar-refractivity contribution in [2.24, 2.45) is 0 Å². The highest BCUT2D eigenvalue weighted by atomic mass is 32.2. The van der Waals surface area contributed by atoms with E-state index in [0.29, 0.717) is 17.6 Å². The molecule has 0 bridgehead atoms. The molecule has 22 heavy (non-hydrogen) atoms. The van der Waals surface area contributed by atoms with Crippen molar-refractivity contribution in [1.29, 1.82) is 0 Å². The number of aromatic nitrogens is 3. The zero-order valence-corrected chi connectivity index (χ0v) is 13.1. The predicted molar refractivity (Wildman–Crippen MR) is 85.4 cm³/mol. The standard InChI is InChI=1S/C16H15N3O2S/c1-21-16(20)12-7-8-19-15(10-12)17-14(18-19)9-11-5-3-4-6-13(11)22-2/h3-8,10H,9H2,1-2H3. The molecule has 0 atom stereocenters. The van der Waals surface area contributed by atoms with E-state index in [1.54, 1.807) is 34.6 Å². The van der Waals surface area contributed by atoms with Gasteiger partial charge < -0.3 is 4.74 Å². The number of nitrogens with zero attached hydrogens (tertiary/aromatic N) is 3. The number of carbonyl (C=O) groups is 1. The number of methoxy groups -OCH3 is 1. The molecule has 0 N–H and O–H groups in total. The maximum Gasteiger partial charge on any atom is 0.338 e. The Bertz CT molecular complexity index is 829. The van der Waals surface area contributed by atoms with E-state index < -0.39 is 0 Å². The normalized spacial score (nSPS) is 10.8. The SMILES string of the molecule is COC(=O)c1ccn2nc(Cc3ccccc3SC)nc2c1. The lowest BCUT2D eigenvalue weighted by Gasteiger charge is -2.03. The molecule has 3 aromatic rings. The fourth-order valence-corrected chi connectivity index (χ4v) is 2.88. The van der Waals surface area contributed by atoms with Gasteiger partial charge in [-0.1, -0.05) is 18.2 Å². The second-order valence-corrected chi connectivity index (χ2v) is 5.57. The minimum atomic E-state index is -0.375. The molecule has 5 nitrogen and oxygen atoms in total. The number of carbonyl (C=O) groups excluding carboxylic acids is 1. The molecule has 0 aliphatic carbocycles. The number of pyridine rings is 1. The lowest BCUT2D eigenvalue weighted by molar-refractivity contribution is 0.0600. The molecule has 3 rings (SSSR count). The van der Waals surface area contributed by atoms with E-state index in [9.17, 15) is 4.79 Å². The molecule has 1 aromatic carbocycles. The summed E-state index contributed by atoms with van der Waals surface area (Å²) in [4.78, 5) is 17.3. The van der Waals surface area contributed by atoms with Crippen molar-refractivity contribution in [2.45, 2.75) is 11.3 Å². The predicted octanol–water partition coefficient (Wildman–Crippen LogP) is 2.83. The highest BCUT2D eigenvalue weighted by molar-refractivity contribution is 7.98.